The summed E-state index contributed by atoms with van der Waals surface area (Å²) < 4.78 is 15.9. The van der Waals surface area contributed by atoms with E-state index in [1.54, 1.807) is 12.4 Å². The first-order valence-electron chi connectivity index (χ1n) is 8.75. The quantitative estimate of drug-likeness (QED) is 0.357. The van der Waals surface area contributed by atoms with Gasteiger partial charge >= 0.3 is 0 Å². The number of nitrogens with zero attached hydrogens (tertiary/aromatic N) is 5. The van der Waals surface area contributed by atoms with Gasteiger partial charge in [-0.25, -0.2) is 4.39 Å². The van der Waals surface area contributed by atoms with E-state index >= 15 is 0 Å². The third-order valence-electron chi connectivity index (χ3n) is 4.28. The second-order valence-corrected chi connectivity index (χ2v) is 7.34. The predicted molar refractivity (Wildman–Crippen MR) is 104 cm³/mol. The predicted octanol–water partition coefficient (Wildman–Crippen LogP) is 3.45. The second kappa shape index (κ2) is 7.95. The minimum absolute atomic E-state index is 0.0384. The number of rotatable bonds is 7. The van der Waals surface area contributed by atoms with Gasteiger partial charge in [-0.15, -0.1) is 10.2 Å². The van der Waals surface area contributed by atoms with Crippen molar-refractivity contribution in [3.63, 3.8) is 0 Å². The zero-order valence-corrected chi connectivity index (χ0v) is 15.8. The molecule has 3 aromatic rings. The van der Waals surface area contributed by atoms with E-state index in [2.05, 4.69) is 20.5 Å². The van der Waals surface area contributed by atoms with Gasteiger partial charge in [-0.2, -0.15) is 0 Å². The van der Waals surface area contributed by atoms with E-state index in [1.807, 2.05) is 16.7 Å². The number of non-ortho nitro benzene ring substituents is 1. The van der Waals surface area contributed by atoms with Gasteiger partial charge in [0, 0.05) is 36.1 Å². The van der Waals surface area contributed by atoms with Gasteiger partial charge in [0.15, 0.2) is 11.0 Å². The van der Waals surface area contributed by atoms with Crippen LogP contribution in [0.15, 0.2) is 47.9 Å². The van der Waals surface area contributed by atoms with Crippen LogP contribution in [0, 0.1) is 15.9 Å². The molecule has 2 aromatic heterocycles. The molecule has 1 aromatic carbocycles. The summed E-state index contributed by atoms with van der Waals surface area (Å²) in [6.45, 7) is 0. The van der Waals surface area contributed by atoms with Crippen LogP contribution in [0.3, 0.4) is 0 Å². The molecule has 0 saturated heterocycles. The highest BCUT2D eigenvalue weighted by atomic mass is 32.2. The van der Waals surface area contributed by atoms with Crippen LogP contribution in [0.2, 0.25) is 0 Å². The molecule has 29 heavy (non-hydrogen) atoms. The molecule has 1 aliphatic rings. The molecule has 148 valence electrons. The third kappa shape index (κ3) is 4.24. The van der Waals surface area contributed by atoms with E-state index in [0.29, 0.717) is 11.0 Å². The largest absolute Gasteiger partial charge is 0.323 e. The molecule has 2 heterocycles. The number of anilines is 1. The Morgan fingerprint density at radius 2 is 2.03 bits per heavy atom. The summed E-state index contributed by atoms with van der Waals surface area (Å²) in [4.78, 5) is 26.4. The Balaban J connectivity index is 1.47. The summed E-state index contributed by atoms with van der Waals surface area (Å²) in [5.41, 5.74) is 0.352. The smallest absolute Gasteiger partial charge is 0.271 e. The summed E-state index contributed by atoms with van der Waals surface area (Å²) in [5, 5.41) is 22.2. The third-order valence-corrected chi connectivity index (χ3v) is 5.23. The Morgan fingerprint density at radius 1 is 1.28 bits per heavy atom. The molecular formula is C18H15FN6O3S. The number of carbonyl (C=O) groups excluding carboxylic acids is 1. The standard InChI is InChI=1S/C18H15FN6O3S/c19-14-4-3-13(25(27)28)9-15(14)21-16(26)10-29-18-23-22-17(24(18)12-1-2-12)11-5-7-20-8-6-11/h3-9,12H,1-2,10H2,(H,21,26). The van der Waals surface area contributed by atoms with Crippen molar-refractivity contribution in [3.8, 4) is 11.4 Å². The molecule has 0 radical (unpaired) electrons. The van der Waals surface area contributed by atoms with Gasteiger partial charge in [0.25, 0.3) is 5.69 Å². The molecule has 1 fully saturated rings. The number of aromatic nitrogens is 4. The average molecular weight is 414 g/mol. The van der Waals surface area contributed by atoms with Crippen molar-refractivity contribution in [2.24, 2.45) is 0 Å². The molecule has 1 aliphatic carbocycles. The number of nitro benzene ring substituents is 1. The van der Waals surface area contributed by atoms with Gasteiger partial charge in [-0.3, -0.25) is 24.5 Å². The number of thioether (sulfide) groups is 1. The normalized spacial score (nSPS) is 13.3. The van der Waals surface area contributed by atoms with Crippen molar-refractivity contribution in [1.82, 2.24) is 19.7 Å². The lowest BCUT2D eigenvalue weighted by atomic mass is 10.2. The van der Waals surface area contributed by atoms with Gasteiger partial charge in [0.2, 0.25) is 5.91 Å². The first-order chi connectivity index (χ1) is 14.0. The topological polar surface area (TPSA) is 116 Å². The van der Waals surface area contributed by atoms with Gasteiger partial charge in [-0.05, 0) is 31.0 Å². The lowest BCUT2D eigenvalue weighted by molar-refractivity contribution is -0.384. The first kappa shape index (κ1) is 19.0. The van der Waals surface area contributed by atoms with Gasteiger partial charge < -0.3 is 5.32 Å². The van der Waals surface area contributed by atoms with Gasteiger partial charge in [0.05, 0.1) is 16.4 Å². The molecular weight excluding hydrogens is 399 g/mol. The lowest BCUT2D eigenvalue weighted by Gasteiger charge is -2.09. The molecule has 1 amide bonds. The fourth-order valence-corrected chi connectivity index (χ4v) is 3.58. The van der Waals surface area contributed by atoms with Crippen LogP contribution >= 0.6 is 11.8 Å². The highest BCUT2D eigenvalue weighted by Crippen LogP contribution is 2.41. The van der Waals surface area contributed by atoms with Crippen LogP contribution in [0.25, 0.3) is 11.4 Å². The van der Waals surface area contributed by atoms with E-state index < -0.39 is 16.6 Å². The maximum Gasteiger partial charge on any atom is 0.271 e. The number of hydrogen-bond acceptors (Lipinski definition) is 7. The van der Waals surface area contributed by atoms with Crippen molar-refractivity contribution in [2.45, 2.75) is 24.0 Å². The number of benzene rings is 1. The monoisotopic (exact) mass is 414 g/mol. The Bertz CT molecular complexity index is 1070. The number of carbonyl (C=O) groups is 1. The van der Waals surface area contributed by atoms with Crippen molar-refractivity contribution < 1.29 is 14.1 Å². The fourth-order valence-electron chi connectivity index (χ4n) is 2.77. The summed E-state index contributed by atoms with van der Waals surface area (Å²) in [6.07, 6.45) is 5.37. The number of hydrogen-bond donors (Lipinski definition) is 1. The molecule has 0 unspecified atom stereocenters. The van der Waals surface area contributed by atoms with Crippen LogP contribution in [-0.4, -0.2) is 36.3 Å². The van der Waals surface area contributed by atoms with Crippen molar-refractivity contribution >= 4 is 29.0 Å². The first-order valence-corrected chi connectivity index (χ1v) is 9.73. The summed E-state index contributed by atoms with van der Waals surface area (Å²) in [5.74, 6) is -0.564. The number of nitrogens with one attached hydrogen (secondary N) is 1. The zero-order valence-electron chi connectivity index (χ0n) is 15.0. The molecule has 4 rings (SSSR count). The second-order valence-electron chi connectivity index (χ2n) is 6.40. The summed E-state index contributed by atoms with van der Waals surface area (Å²) >= 11 is 1.18. The number of pyridine rings is 1. The maximum atomic E-state index is 13.9. The van der Waals surface area contributed by atoms with Crippen molar-refractivity contribution in [2.75, 3.05) is 11.1 Å². The molecule has 0 aliphatic heterocycles. The van der Waals surface area contributed by atoms with Crippen LogP contribution in [0.1, 0.15) is 18.9 Å². The molecule has 0 bridgehead atoms. The zero-order chi connectivity index (χ0) is 20.4. The minimum atomic E-state index is -0.741. The maximum absolute atomic E-state index is 13.9. The number of halogens is 1. The Hall–Kier alpha value is -3.34. The molecule has 0 atom stereocenters. The molecule has 1 N–H and O–H groups in total. The van der Waals surface area contributed by atoms with Gasteiger partial charge in [0.1, 0.15) is 5.82 Å². The van der Waals surface area contributed by atoms with E-state index in [0.717, 1.165) is 36.6 Å². The van der Waals surface area contributed by atoms with Crippen molar-refractivity contribution in [1.29, 1.82) is 0 Å². The van der Waals surface area contributed by atoms with E-state index in [1.165, 1.54) is 11.8 Å². The van der Waals surface area contributed by atoms with Crippen LogP contribution in [0.5, 0.6) is 0 Å². The molecule has 9 nitrogen and oxygen atoms in total. The van der Waals surface area contributed by atoms with E-state index in [-0.39, 0.29) is 23.2 Å². The van der Waals surface area contributed by atoms with E-state index in [4.69, 9.17) is 0 Å². The van der Waals surface area contributed by atoms with Crippen LogP contribution < -0.4 is 5.32 Å². The highest BCUT2D eigenvalue weighted by molar-refractivity contribution is 7.99. The number of nitro groups is 1. The summed E-state index contributed by atoms with van der Waals surface area (Å²) in [7, 11) is 0. The van der Waals surface area contributed by atoms with Crippen LogP contribution in [-0.2, 0) is 4.79 Å². The summed E-state index contributed by atoms with van der Waals surface area (Å²) in [6, 6.07) is 6.95. The Morgan fingerprint density at radius 3 is 2.72 bits per heavy atom. The Kier molecular flexibility index (Phi) is 5.21. The molecule has 0 spiro atoms. The Labute approximate surface area is 168 Å². The van der Waals surface area contributed by atoms with E-state index in [9.17, 15) is 19.3 Å². The minimum Gasteiger partial charge on any atom is -0.323 e. The fraction of sp³-hybridized carbons (Fsp3) is 0.222. The van der Waals surface area contributed by atoms with Gasteiger partial charge in [-0.1, -0.05) is 11.8 Å². The van der Waals surface area contributed by atoms with Crippen LogP contribution in [0.4, 0.5) is 15.8 Å². The van der Waals surface area contributed by atoms with Crippen molar-refractivity contribution in [3.05, 3.63) is 58.7 Å². The lowest BCUT2D eigenvalue weighted by Crippen LogP contribution is -2.15. The average Bonchev–Trinajstić information content (AvgIpc) is 3.47. The molecule has 1 saturated carbocycles. The highest BCUT2D eigenvalue weighted by Gasteiger charge is 2.30. The SMILES string of the molecule is O=C(CSc1nnc(-c2ccncc2)n1C1CC1)Nc1cc([N+](=O)[O-])ccc1F. The molecule has 11 heteroatoms. The number of amides is 1.